The van der Waals surface area contributed by atoms with Gasteiger partial charge >= 0.3 is 6.18 Å². The minimum absolute atomic E-state index is 0.113. The van der Waals surface area contributed by atoms with E-state index < -0.39 is 12.8 Å². The summed E-state index contributed by atoms with van der Waals surface area (Å²) in [4.78, 5) is 20.2. The van der Waals surface area contributed by atoms with E-state index in [0.29, 0.717) is 22.4 Å². The summed E-state index contributed by atoms with van der Waals surface area (Å²) in [6, 6.07) is 6.28. The molecule has 0 aliphatic carbocycles. The zero-order valence-corrected chi connectivity index (χ0v) is 15.2. The molecular formula is C18H18F3N5O2. The molecule has 148 valence electrons. The van der Waals surface area contributed by atoms with E-state index in [2.05, 4.69) is 25.1 Å². The van der Waals surface area contributed by atoms with E-state index in [4.69, 9.17) is 0 Å². The van der Waals surface area contributed by atoms with Gasteiger partial charge in [-0.1, -0.05) is 19.9 Å². The van der Waals surface area contributed by atoms with E-state index in [1.807, 2.05) is 0 Å². The summed E-state index contributed by atoms with van der Waals surface area (Å²) in [7, 11) is 0. The van der Waals surface area contributed by atoms with Crippen LogP contribution in [-0.4, -0.2) is 38.4 Å². The van der Waals surface area contributed by atoms with Crippen LogP contribution in [0, 0.1) is 5.92 Å². The third-order valence-corrected chi connectivity index (χ3v) is 3.74. The molecule has 3 heterocycles. The molecule has 0 bridgehead atoms. The lowest BCUT2D eigenvalue weighted by atomic mass is 10.2. The number of fused-ring (bicyclic) bond motifs is 1. The first-order valence-corrected chi connectivity index (χ1v) is 8.50. The minimum atomic E-state index is -4.43. The van der Waals surface area contributed by atoms with E-state index in [9.17, 15) is 18.0 Å². The Kier molecular flexibility index (Phi) is 5.48. The van der Waals surface area contributed by atoms with Crippen molar-refractivity contribution < 1.29 is 22.7 Å². The molecule has 3 rings (SSSR count). The van der Waals surface area contributed by atoms with Crippen molar-refractivity contribution in [1.29, 1.82) is 0 Å². The van der Waals surface area contributed by atoms with E-state index >= 15 is 0 Å². The molecule has 0 spiro atoms. The maximum absolute atomic E-state index is 12.3. The summed E-state index contributed by atoms with van der Waals surface area (Å²) < 4.78 is 43.1. The topological polar surface area (TPSA) is 81.9 Å². The fourth-order valence-corrected chi connectivity index (χ4v) is 2.38. The van der Waals surface area contributed by atoms with Crippen molar-refractivity contribution in [3.63, 3.8) is 0 Å². The fraction of sp³-hybridized carbons (Fsp3) is 0.333. The highest BCUT2D eigenvalue weighted by Crippen LogP contribution is 2.21. The normalized spacial score (nSPS) is 11.8. The average molecular weight is 393 g/mol. The van der Waals surface area contributed by atoms with Gasteiger partial charge < -0.3 is 10.1 Å². The summed E-state index contributed by atoms with van der Waals surface area (Å²) in [5, 5.41) is 7.81. The molecule has 0 unspecified atom stereocenters. The number of amides is 1. The largest absolute Gasteiger partial charge is 0.468 e. The van der Waals surface area contributed by atoms with Crippen molar-refractivity contribution in [3.05, 3.63) is 42.4 Å². The van der Waals surface area contributed by atoms with Gasteiger partial charge in [-0.05, 0) is 12.1 Å². The highest BCUT2D eigenvalue weighted by atomic mass is 19.4. The van der Waals surface area contributed by atoms with Crippen LogP contribution in [-0.2, 0) is 11.3 Å². The van der Waals surface area contributed by atoms with E-state index in [-0.39, 0.29) is 24.2 Å². The number of carbonyl (C=O) groups is 1. The SMILES string of the molecule is CC(C)C(=O)Nc1nccc2nn(Cc3cccc(OCC(F)(F)F)n3)cc12. The van der Waals surface area contributed by atoms with E-state index in [1.165, 1.54) is 6.07 Å². The van der Waals surface area contributed by atoms with E-state index in [1.54, 1.807) is 49.1 Å². The number of halogens is 3. The molecule has 0 radical (unpaired) electrons. The fourth-order valence-electron chi connectivity index (χ4n) is 2.38. The Morgan fingerprint density at radius 1 is 1.29 bits per heavy atom. The van der Waals surface area contributed by atoms with Crippen LogP contribution in [0.3, 0.4) is 0 Å². The van der Waals surface area contributed by atoms with Gasteiger partial charge in [-0.25, -0.2) is 9.97 Å². The number of rotatable bonds is 6. The number of anilines is 1. The van der Waals surface area contributed by atoms with Gasteiger partial charge in [0.05, 0.1) is 23.1 Å². The molecule has 28 heavy (non-hydrogen) atoms. The molecule has 1 amide bonds. The van der Waals surface area contributed by atoms with Gasteiger partial charge in [0.25, 0.3) is 0 Å². The maximum atomic E-state index is 12.3. The molecule has 0 atom stereocenters. The molecule has 3 aromatic rings. The molecule has 0 aliphatic heterocycles. The van der Waals surface area contributed by atoms with E-state index in [0.717, 1.165) is 0 Å². The number of pyridine rings is 2. The minimum Gasteiger partial charge on any atom is -0.468 e. The zero-order valence-electron chi connectivity index (χ0n) is 15.2. The van der Waals surface area contributed by atoms with Crippen molar-refractivity contribution in [1.82, 2.24) is 19.7 Å². The van der Waals surface area contributed by atoms with Crippen LogP contribution in [0.5, 0.6) is 5.88 Å². The van der Waals surface area contributed by atoms with Crippen molar-refractivity contribution in [3.8, 4) is 5.88 Å². The average Bonchev–Trinajstić information content (AvgIpc) is 3.03. The standard InChI is InChI=1S/C18H18F3N5O2/c1-11(2)17(27)24-16-13-9-26(25-14(13)6-7-22-16)8-12-4-3-5-15(23-12)28-10-18(19,20)21/h3-7,9,11H,8,10H2,1-2H3,(H,22,24,27). The molecule has 1 N–H and O–H groups in total. The van der Waals surface area contributed by atoms with Crippen LogP contribution >= 0.6 is 0 Å². The summed E-state index contributed by atoms with van der Waals surface area (Å²) in [5.74, 6) is -0.0737. The Bertz CT molecular complexity index is 985. The number of hydrogen-bond acceptors (Lipinski definition) is 5. The van der Waals surface area contributed by atoms with Crippen LogP contribution in [0.25, 0.3) is 10.9 Å². The second-order valence-electron chi connectivity index (χ2n) is 6.43. The quantitative estimate of drug-likeness (QED) is 0.694. The van der Waals surface area contributed by atoms with Crippen LogP contribution in [0.1, 0.15) is 19.5 Å². The summed E-state index contributed by atoms with van der Waals surface area (Å²) in [6.07, 6.45) is -1.19. The number of hydrogen-bond donors (Lipinski definition) is 1. The molecule has 10 heteroatoms. The number of nitrogens with zero attached hydrogens (tertiary/aromatic N) is 4. The second-order valence-corrected chi connectivity index (χ2v) is 6.43. The van der Waals surface area contributed by atoms with Crippen molar-refractivity contribution >= 4 is 22.6 Å². The number of aromatic nitrogens is 4. The van der Waals surface area contributed by atoms with Gasteiger partial charge in [-0.3, -0.25) is 9.48 Å². The van der Waals surface area contributed by atoms with Crippen LogP contribution in [0.2, 0.25) is 0 Å². The first-order chi connectivity index (χ1) is 13.2. The van der Waals surface area contributed by atoms with Crippen LogP contribution < -0.4 is 10.1 Å². The molecule has 0 aromatic carbocycles. The molecular weight excluding hydrogens is 375 g/mol. The predicted octanol–water partition coefficient (Wildman–Crippen LogP) is 3.41. The molecule has 7 nitrogen and oxygen atoms in total. The highest BCUT2D eigenvalue weighted by Gasteiger charge is 2.28. The molecule has 0 saturated carbocycles. The van der Waals surface area contributed by atoms with Gasteiger partial charge in [0.2, 0.25) is 11.8 Å². The zero-order chi connectivity index (χ0) is 20.3. The van der Waals surface area contributed by atoms with Crippen LogP contribution in [0.15, 0.2) is 36.7 Å². The Morgan fingerprint density at radius 3 is 2.79 bits per heavy atom. The number of ether oxygens (including phenoxy) is 1. The lowest BCUT2D eigenvalue weighted by Crippen LogP contribution is -2.19. The first-order valence-electron chi connectivity index (χ1n) is 8.50. The Hall–Kier alpha value is -3.17. The molecule has 0 fully saturated rings. The monoisotopic (exact) mass is 393 g/mol. The van der Waals surface area contributed by atoms with Gasteiger partial charge in [0.15, 0.2) is 6.61 Å². The van der Waals surface area contributed by atoms with Crippen LogP contribution in [0.4, 0.5) is 19.0 Å². The lowest BCUT2D eigenvalue weighted by molar-refractivity contribution is -0.154. The summed E-state index contributed by atoms with van der Waals surface area (Å²) in [6.45, 7) is 2.37. The Labute approximate surface area is 158 Å². The Morgan fingerprint density at radius 2 is 2.07 bits per heavy atom. The third-order valence-electron chi connectivity index (χ3n) is 3.74. The first kappa shape index (κ1) is 19.6. The van der Waals surface area contributed by atoms with Gasteiger partial charge in [-0.15, -0.1) is 0 Å². The van der Waals surface area contributed by atoms with Crippen molar-refractivity contribution in [2.24, 2.45) is 5.92 Å². The van der Waals surface area contributed by atoms with Gasteiger partial charge in [-0.2, -0.15) is 18.3 Å². The second kappa shape index (κ2) is 7.83. The molecule has 0 saturated heterocycles. The molecule has 3 aromatic heterocycles. The molecule has 0 aliphatic rings. The predicted molar refractivity (Wildman–Crippen MR) is 95.9 cm³/mol. The maximum Gasteiger partial charge on any atom is 0.422 e. The number of nitrogens with one attached hydrogen (secondary N) is 1. The third kappa shape index (κ3) is 4.96. The smallest absolute Gasteiger partial charge is 0.422 e. The lowest BCUT2D eigenvalue weighted by Gasteiger charge is -2.09. The Balaban J connectivity index is 1.79. The highest BCUT2D eigenvalue weighted by molar-refractivity contribution is 5.99. The van der Waals surface area contributed by atoms with Crippen molar-refractivity contribution in [2.45, 2.75) is 26.6 Å². The van der Waals surface area contributed by atoms with Crippen molar-refractivity contribution in [2.75, 3.05) is 11.9 Å². The summed E-state index contributed by atoms with van der Waals surface area (Å²) >= 11 is 0. The summed E-state index contributed by atoms with van der Waals surface area (Å²) in [5.41, 5.74) is 1.10. The van der Waals surface area contributed by atoms with Gasteiger partial charge in [0, 0.05) is 24.4 Å². The number of carbonyl (C=O) groups excluding carboxylic acids is 1. The number of alkyl halides is 3. The van der Waals surface area contributed by atoms with Gasteiger partial charge in [0.1, 0.15) is 5.82 Å².